The van der Waals surface area contributed by atoms with Crippen molar-refractivity contribution in [3.05, 3.63) is 69.9 Å². The normalized spacial score (nSPS) is 19.5. The van der Waals surface area contributed by atoms with Gasteiger partial charge in [-0.1, -0.05) is 42.1 Å². The molecule has 1 aromatic carbocycles. The molecular formula is C30H40N4O5S. The smallest absolute Gasteiger partial charge is 0.410 e. The van der Waals surface area contributed by atoms with Gasteiger partial charge < -0.3 is 30.9 Å². The second kappa shape index (κ2) is 11.8. The first kappa shape index (κ1) is 29.9. The number of rotatable bonds is 7. The number of primary amides is 1. The number of hydrogen-bond donors (Lipinski definition) is 4. The molecule has 2 aromatic rings. The van der Waals surface area contributed by atoms with Gasteiger partial charge >= 0.3 is 6.09 Å². The molecule has 216 valence electrons. The predicted molar refractivity (Wildman–Crippen MR) is 156 cm³/mol. The van der Waals surface area contributed by atoms with Gasteiger partial charge in [0.05, 0.1) is 22.4 Å². The molecule has 1 fully saturated rings. The minimum Gasteiger partial charge on any atom is -0.444 e. The summed E-state index contributed by atoms with van der Waals surface area (Å²) in [6.45, 7) is 10.0. The fraction of sp³-hybridized carbons (Fsp3) is 0.500. The van der Waals surface area contributed by atoms with E-state index in [0.717, 1.165) is 11.1 Å². The Labute approximate surface area is 240 Å². The lowest BCUT2D eigenvalue weighted by Crippen LogP contribution is -2.42. The molecule has 2 unspecified atom stereocenters. The van der Waals surface area contributed by atoms with Crippen LogP contribution in [0.5, 0.6) is 0 Å². The zero-order chi connectivity index (χ0) is 29.2. The van der Waals surface area contributed by atoms with Gasteiger partial charge in [-0.25, -0.2) is 9.78 Å². The summed E-state index contributed by atoms with van der Waals surface area (Å²) >= 11 is 1.51. The lowest BCUT2D eigenvalue weighted by molar-refractivity contribution is -0.114. The maximum Gasteiger partial charge on any atom is 0.410 e. The van der Waals surface area contributed by atoms with E-state index in [0.29, 0.717) is 54.5 Å². The molecule has 2 aliphatic heterocycles. The van der Waals surface area contributed by atoms with Crippen LogP contribution in [0.3, 0.4) is 0 Å². The number of pyridine rings is 1. The number of carbonyl (C=O) groups excluding carboxylic acids is 2. The van der Waals surface area contributed by atoms with E-state index in [1.807, 2.05) is 51.1 Å². The SMILES string of the molecule is CC(C)(C)OC(=O)N1CCC(C(O)c2cccc(NC3=C(C(N)=O)CC(c4ccc(C(C)(C)O)cc4)S3)n2)CC1. The van der Waals surface area contributed by atoms with Gasteiger partial charge in [0.1, 0.15) is 11.4 Å². The summed E-state index contributed by atoms with van der Waals surface area (Å²) in [6, 6.07) is 13.1. The van der Waals surface area contributed by atoms with Crippen molar-refractivity contribution in [1.82, 2.24) is 9.88 Å². The van der Waals surface area contributed by atoms with Crippen molar-refractivity contribution in [2.24, 2.45) is 11.7 Å². The van der Waals surface area contributed by atoms with Gasteiger partial charge in [-0.3, -0.25) is 4.79 Å². The van der Waals surface area contributed by atoms with Crippen LogP contribution in [0.2, 0.25) is 0 Å². The number of thioether (sulfide) groups is 1. The van der Waals surface area contributed by atoms with Crippen molar-refractivity contribution in [1.29, 1.82) is 0 Å². The quantitative estimate of drug-likeness (QED) is 0.367. The highest BCUT2D eigenvalue weighted by molar-refractivity contribution is 8.03. The number of likely N-dealkylation sites (tertiary alicyclic amines) is 1. The molecule has 0 bridgehead atoms. The number of piperidine rings is 1. The number of ether oxygens (including phenoxy) is 1. The summed E-state index contributed by atoms with van der Waals surface area (Å²) in [5.74, 6) is -0.0143. The Morgan fingerprint density at radius 3 is 2.33 bits per heavy atom. The minimum absolute atomic E-state index is 0.00946. The molecule has 10 heteroatoms. The van der Waals surface area contributed by atoms with Gasteiger partial charge in [0, 0.05) is 23.9 Å². The van der Waals surface area contributed by atoms with Gasteiger partial charge in [0.25, 0.3) is 0 Å². The van der Waals surface area contributed by atoms with Crippen molar-refractivity contribution in [2.75, 3.05) is 18.4 Å². The molecule has 1 saturated heterocycles. The lowest BCUT2D eigenvalue weighted by atomic mass is 9.89. The zero-order valence-corrected chi connectivity index (χ0v) is 24.6. The number of aliphatic hydroxyl groups excluding tert-OH is 1. The van der Waals surface area contributed by atoms with Crippen molar-refractivity contribution < 1.29 is 24.5 Å². The van der Waals surface area contributed by atoms with Crippen LogP contribution in [0.15, 0.2) is 53.1 Å². The van der Waals surface area contributed by atoms with Gasteiger partial charge in [-0.2, -0.15) is 0 Å². The van der Waals surface area contributed by atoms with Crippen LogP contribution in [0.4, 0.5) is 10.6 Å². The molecule has 5 N–H and O–H groups in total. The van der Waals surface area contributed by atoms with Crippen LogP contribution < -0.4 is 11.1 Å². The Kier molecular flexibility index (Phi) is 8.82. The second-order valence-electron chi connectivity index (χ2n) is 12.0. The maximum atomic E-state index is 12.4. The molecule has 0 radical (unpaired) electrons. The number of benzene rings is 1. The average Bonchev–Trinajstić information content (AvgIpc) is 3.31. The molecule has 2 amide bonds. The van der Waals surface area contributed by atoms with Crippen molar-refractivity contribution >= 4 is 29.6 Å². The highest BCUT2D eigenvalue weighted by Crippen LogP contribution is 2.47. The predicted octanol–water partition coefficient (Wildman–Crippen LogP) is 4.98. The van der Waals surface area contributed by atoms with E-state index in [9.17, 15) is 19.8 Å². The van der Waals surface area contributed by atoms with Crippen LogP contribution in [0.1, 0.15) is 82.1 Å². The maximum absolute atomic E-state index is 12.4. The van der Waals surface area contributed by atoms with Crippen LogP contribution in [-0.4, -0.2) is 50.8 Å². The fourth-order valence-electron chi connectivity index (χ4n) is 4.91. The molecule has 2 aliphatic rings. The molecule has 0 aliphatic carbocycles. The average molecular weight is 569 g/mol. The third kappa shape index (κ3) is 7.35. The summed E-state index contributed by atoms with van der Waals surface area (Å²) in [5.41, 5.74) is 7.13. The summed E-state index contributed by atoms with van der Waals surface area (Å²) in [7, 11) is 0. The van der Waals surface area contributed by atoms with E-state index in [2.05, 4.69) is 10.3 Å². The minimum atomic E-state index is -0.930. The monoisotopic (exact) mass is 568 g/mol. The summed E-state index contributed by atoms with van der Waals surface area (Å²) in [4.78, 5) is 31.0. The van der Waals surface area contributed by atoms with Crippen molar-refractivity contribution in [3.63, 3.8) is 0 Å². The van der Waals surface area contributed by atoms with Gasteiger partial charge in [-0.15, -0.1) is 0 Å². The summed E-state index contributed by atoms with van der Waals surface area (Å²) in [6.07, 6.45) is 0.637. The van der Waals surface area contributed by atoms with Crippen LogP contribution >= 0.6 is 11.8 Å². The highest BCUT2D eigenvalue weighted by Gasteiger charge is 2.32. The highest BCUT2D eigenvalue weighted by atomic mass is 32.2. The number of carbonyl (C=O) groups is 2. The number of nitrogens with two attached hydrogens (primary N) is 1. The Bertz CT molecular complexity index is 1260. The number of nitrogens with zero attached hydrogens (tertiary/aromatic N) is 2. The first-order valence-corrected chi connectivity index (χ1v) is 14.5. The van der Waals surface area contributed by atoms with E-state index in [1.54, 1.807) is 30.9 Å². The van der Waals surface area contributed by atoms with Crippen molar-refractivity contribution in [2.45, 2.75) is 76.4 Å². The van der Waals surface area contributed by atoms with Crippen LogP contribution in [0, 0.1) is 5.92 Å². The van der Waals surface area contributed by atoms with E-state index in [4.69, 9.17) is 10.5 Å². The topological polar surface area (TPSA) is 138 Å². The fourth-order valence-corrected chi connectivity index (χ4v) is 6.23. The molecule has 9 nitrogen and oxygen atoms in total. The zero-order valence-electron chi connectivity index (χ0n) is 23.8. The molecule has 40 heavy (non-hydrogen) atoms. The number of aliphatic hydroxyl groups is 2. The Hall–Kier alpha value is -3.08. The lowest BCUT2D eigenvalue weighted by Gasteiger charge is -2.35. The number of nitrogens with one attached hydrogen (secondary N) is 1. The third-order valence-corrected chi connectivity index (χ3v) is 8.47. The number of hydrogen-bond acceptors (Lipinski definition) is 8. The molecule has 0 saturated carbocycles. The molecule has 0 spiro atoms. The number of amides is 2. The van der Waals surface area contributed by atoms with E-state index in [1.165, 1.54) is 11.8 Å². The molecular weight excluding hydrogens is 528 g/mol. The van der Waals surface area contributed by atoms with Crippen LogP contribution in [0.25, 0.3) is 0 Å². The van der Waals surface area contributed by atoms with E-state index in [-0.39, 0.29) is 17.3 Å². The van der Waals surface area contributed by atoms with Crippen LogP contribution in [-0.2, 0) is 15.1 Å². The van der Waals surface area contributed by atoms with Crippen molar-refractivity contribution in [3.8, 4) is 0 Å². The Morgan fingerprint density at radius 2 is 1.75 bits per heavy atom. The standard InChI is InChI=1S/C30H40N4O5S/c1-29(2,3)39-28(37)34-15-13-19(14-16-34)25(35)22-7-6-8-24(32-22)33-27-21(26(31)36)17-23(40-27)18-9-11-20(12-10-18)30(4,5)38/h6-12,19,23,25,35,38H,13-17H2,1-5H3,(H2,31,36)(H,32,33). The first-order chi connectivity index (χ1) is 18.7. The summed E-state index contributed by atoms with van der Waals surface area (Å²) in [5, 5.41) is 25.3. The number of aromatic nitrogens is 1. The van der Waals surface area contributed by atoms with Gasteiger partial charge in [-0.05, 0) is 83.1 Å². The molecule has 2 atom stereocenters. The van der Waals surface area contributed by atoms with E-state index < -0.39 is 23.2 Å². The third-order valence-electron chi connectivity index (χ3n) is 7.16. The molecule has 1 aromatic heterocycles. The first-order valence-electron chi connectivity index (χ1n) is 13.6. The number of anilines is 1. The Balaban J connectivity index is 1.41. The second-order valence-corrected chi connectivity index (χ2v) is 13.2. The summed E-state index contributed by atoms with van der Waals surface area (Å²) < 4.78 is 5.47. The van der Waals surface area contributed by atoms with Gasteiger partial charge in [0.15, 0.2) is 0 Å². The van der Waals surface area contributed by atoms with Gasteiger partial charge in [0.2, 0.25) is 5.91 Å². The molecule has 4 rings (SSSR count). The largest absolute Gasteiger partial charge is 0.444 e. The molecule has 3 heterocycles. The Morgan fingerprint density at radius 1 is 1.10 bits per heavy atom. The van der Waals surface area contributed by atoms with E-state index >= 15 is 0 Å².